The molecule has 6 heteroatoms. The maximum absolute atomic E-state index is 11.2. The molecule has 37 heavy (non-hydrogen) atoms. The number of benzene rings is 4. The molecule has 4 aromatic carbocycles. The van der Waals surface area contributed by atoms with Gasteiger partial charge in [0.2, 0.25) is 0 Å². The maximum Gasteiger partial charge on any atom is 0.166 e. The number of hydrogen-bond acceptors (Lipinski definition) is 4. The fraction of sp³-hybridized carbons (Fsp3) is 0.226. The Labute approximate surface area is 216 Å². The van der Waals surface area contributed by atoms with E-state index in [1.165, 1.54) is 0 Å². The van der Waals surface area contributed by atoms with E-state index in [0.29, 0.717) is 6.54 Å². The minimum absolute atomic E-state index is 0.209. The van der Waals surface area contributed by atoms with Crippen LogP contribution in [0.4, 0.5) is 0 Å². The minimum Gasteiger partial charge on any atom is -0.390 e. The van der Waals surface area contributed by atoms with Crippen molar-refractivity contribution < 1.29 is 25.7 Å². The minimum atomic E-state index is -1.14. The quantitative estimate of drug-likeness (QED) is 0.205. The van der Waals surface area contributed by atoms with E-state index in [-0.39, 0.29) is 6.54 Å². The molecule has 0 saturated carbocycles. The Kier molecular flexibility index (Phi) is 7.37. The second-order valence-electron chi connectivity index (χ2n) is 9.68. The number of hydrogen-bond donors (Lipinski definition) is 5. The lowest BCUT2D eigenvalue weighted by Gasteiger charge is -2.26. The zero-order valence-corrected chi connectivity index (χ0v) is 20.7. The molecule has 0 saturated heterocycles. The van der Waals surface area contributed by atoms with Crippen molar-refractivity contribution in [2.75, 3.05) is 26.4 Å². The fourth-order valence-corrected chi connectivity index (χ4v) is 5.11. The molecule has 1 aromatic heterocycles. The fourth-order valence-electron chi connectivity index (χ4n) is 5.11. The normalized spacial score (nSPS) is 12.9. The Bertz CT molecular complexity index is 1470. The van der Waals surface area contributed by atoms with Crippen LogP contribution in [0.3, 0.4) is 0 Å². The SMILES string of the molecule is OCC(CO)(CO)[NH2+]CC(O)Cn1c(-c2ccccc2)c(-c2ccccc2)c2ccc3ccccc3c21. The Balaban J connectivity index is 1.72. The van der Waals surface area contributed by atoms with Crippen molar-refractivity contribution in [3.8, 4) is 22.4 Å². The molecule has 5 rings (SSSR count). The molecular formula is C31H33N2O4+. The molecule has 0 bridgehead atoms. The van der Waals surface area contributed by atoms with Gasteiger partial charge >= 0.3 is 0 Å². The Morgan fingerprint density at radius 2 is 1.27 bits per heavy atom. The van der Waals surface area contributed by atoms with Gasteiger partial charge in [-0.25, -0.2) is 0 Å². The summed E-state index contributed by atoms with van der Waals surface area (Å²) in [7, 11) is 0. The summed E-state index contributed by atoms with van der Waals surface area (Å²) in [6.07, 6.45) is -0.801. The van der Waals surface area contributed by atoms with Crippen LogP contribution in [0.5, 0.6) is 0 Å². The van der Waals surface area contributed by atoms with Crippen LogP contribution in [0.15, 0.2) is 97.1 Å². The number of nitrogens with zero attached hydrogens (tertiary/aromatic N) is 1. The van der Waals surface area contributed by atoms with Crippen molar-refractivity contribution in [3.63, 3.8) is 0 Å². The van der Waals surface area contributed by atoms with Crippen LogP contribution in [0.2, 0.25) is 0 Å². The third kappa shape index (κ3) is 4.78. The monoisotopic (exact) mass is 497 g/mol. The molecule has 0 spiro atoms. The topological polar surface area (TPSA) is 102 Å². The molecule has 5 aromatic rings. The molecule has 0 radical (unpaired) electrons. The Hall–Kier alpha value is -3.52. The van der Waals surface area contributed by atoms with Crippen molar-refractivity contribution in [2.45, 2.75) is 18.2 Å². The van der Waals surface area contributed by atoms with E-state index in [0.717, 1.165) is 44.1 Å². The molecule has 1 heterocycles. The summed E-state index contributed by atoms with van der Waals surface area (Å²) in [6, 6.07) is 33.1. The first-order valence-electron chi connectivity index (χ1n) is 12.6. The lowest BCUT2D eigenvalue weighted by Crippen LogP contribution is -3.01. The number of quaternary nitrogens is 1. The smallest absolute Gasteiger partial charge is 0.166 e. The van der Waals surface area contributed by atoms with Crippen LogP contribution in [-0.2, 0) is 6.54 Å². The van der Waals surface area contributed by atoms with E-state index in [2.05, 4.69) is 53.1 Å². The average molecular weight is 498 g/mol. The number of aliphatic hydroxyl groups excluding tert-OH is 4. The van der Waals surface area contributed by atoms with Gasteiger partial charge in [-0.3, -0.25) is 0 Å². The van der Waals surface area contributed by atoms with Crippen molar-refractivity contribution >= 4 is 21.7 Å². The first-order valence-corrected chi connectivity index (χ1v) is 12.6. The maximum atomic E-state index is 11.2. The van der Waals surface area contributed by atoms with Crippen LogP contribution in [0.1, 0.15) is 0 Å². The third-order valence-electron chi connectivity index (χ3n) is 7.22. The predicted octanol–water partition coefficient (Wildman–Crippen LogP) is 2.77. The highest BCUT2D eigenvalue weighted by molar-refractivity contribution is 6.15. The van der Waals surface area contributed by atoms with Crippen molar-refractivity contribution in [1.29, 1.82) is 0 Å². The van der Waals surface area contributed by atoms with Crippen molar-refractivity contribution in [2.24, 2.45) is 0 Å². The van der Waals surface area contributed by atoms with Gasteiger partial charge in [-0.05, 0) is 16.5 Å². The van der Waals surface area contributed by atoms with Gasteiger partial charge in [-0.15, -0.1) is 0 Å². The van der Waals surface area contributed by atoms with E-state index in [4.69, 9.17) is 0 Å². The first kappa shape index (κ1) is 25.1. The van der Waals surface area contributed by atoms with Crippen LogP contribution in [0.25, 0.3) is 44.1 Å². The average Bonchev–Trinajstić information content (AvgIpc) is 3.29. The number of aromatic nitrogens is 1. The van der Waals surface area contributed by atoms with E-state index in [9.17, 15) is 20.4 Å². The molecule has 6 nitrogen and oxygen atoms in total. The van der Waals surface area contributed by atoms with Gasteiger partial charge in [-0.2, -0.15) is 0 Å². The second kappa shape index (κ2) is 10.8. The third-order valence-corrected chi connectivity index (χ3v) is 7.22. The van der Waals surface area contributed by atoms with Crippen molar-refractivity contribution in [3.05, 3.63) is 97.1 Å². The molecule has 6 N–H and O–H groups in total. The van der Waals surface area contributed by atoms with Gasteiger partial charge < -0.3 is 30.3 Å². The molecule has 0 aliphatic rings. The van der Waals surface area contributed by atoms with Gasteiger partial charge in [0.15, 0.2) is 5.54 Å². The summed E-state index contributed by atoms with van der Waals surface area (Å²) in [6.45, 7) is -0.664. The number of aliphatic hydroxyl groups is 4. The van der Waals surface area contributed by atoms with E-state index in [1.54, 1.807) is 5.32 Å². The molecular weight excluding hydrogens is 464 g/mol. The molecule has 1 unspecified atom stereocenters. The summed E-state index contributed by atoms with van der Waals surface area (Å²) >= 11 is 0. The highest BCUT2D eigenvalue weighted by atomic mass is 16.3. The Morgan fingerprint density at radius 1 is 0.676 bits per heavy atom. The highest BCUT2D eigenvalue weighted by Crippen LogP contribution is 2.43. The Morgan fingerprint density at radius 3 is 1.92 bits per heavy atom. The molecule has 0 aliphatic carbocycles. The molecule has 0 aliphatic heterocycles. The van der Waals surface area contributed by atoms with Gasteiger partial charge in [-0.1, -0.05) is 97.1 Å². The van der Waals surface area contributed by atoms with Crippen LogP contribution < -0.4 is 5.32 Å². The van der Waals surface area contributed by atoms with Gasteiger partial charge in [0.05, 0.1) is 17.8 Å². The number of nitrogens with two attached hydrogens (primary N) is 1. The summed E-state index contributed by atoms with van der Waals surface area (Å²) in [5.74, 6) is 0. The van der Waals surface area contributed by atoms with E-state index < -0.39 is 31.5 Å². The second-order valence-corrected chi connectivity index (χ2v) is 9.68. The molecule has 0 amide bonds. The largest absolute Gasteiger partial charge is 0.390 e. The number of fused-ring (bicyclic) bond motifs is 3. The van der Waals surface area contributed by atoms with Crippen molar-refractivity contribution in [1.82, 2.24) is 4.57 Å². The zero-order valence-electron chi connectivity index (χ0n) is 20.7. The lowest BCUT2D eigenvalue weighted by molar-refractivity contribution is -0.737. The van der Waals surface area contributed by atoms with Crippen LogP contribution >= 0.6 is 0 Å². The predicted molar refractivity (Wildman–Crippen MR) is 147 cm³/mol. The standard InChI is InChI=1S/C31H32N2O4/c34-19-31(20-35,21-36)32-17-25(37)18-33-29(24-12-5-2-6-13-24)28(23-10-3-1-4-11-23)27-16-15-22-9-7-8-14-26(22)30(27)33/h1-16,25,32,34-37H,17-21H2/p+1. The van der Waals surface area contributed by atoms with E-state index >= 15 is 0 Å². The molecule has 0 fully saturated rings. The molecule has 190 valence electrons. The summed E-state index contributed by atoms with van der Waals surface area (Å²) in [4.78, 5) is 0. The summed E-state index contributed by atoms with van der Waals surface area (Å²) in [5, 5.41) is 45.4. The highest BCUT2D eigenvalue weighted by Gasteiger charge is 2.33. The summed E-state index contributed by atoms with van der Waals surface area (Å²) in [5.41, 5.74) is 4.19. The van der Waals surface area contributed by atoms with Gasteiger partial charge in [0.25, 0.3) is 0 Å². The van der Waals surface area contributed by atoms with Gasteiger partial charge in [0.1, 0.15) is 32.5 Å². The molecule has 1 atom stereocenters. The first-order chi connectivity index (χ1) is 18.1. The van der Waals surface area contributed by atoms with Gasteiger partial charge in [0, 0.05) is 16.3 Å². The van der Waals surface area contributed by atoms with Crippen LogP contribution in [0, 0.1) is 0 Å². The zero-order chi connectivity index (χ0) is 25.8. The van der Waals surface area contributed by atoms with Crippen LogP contribution in [-0.4, -0.2) is 63.0 Å². The lowest BCUT2D eigenvalue weighted by atomic mass is 9.97. The summed E-state index contributed by atoms with van der Waals surface area (Å²) < 4.78 is 2.20. The van der Waals surface area contributed by atoms with E-state index in [1.807, 2.05) is 48.5 Å². The number of rotatable bonds is 10.